The maximum atomic E-state index is 11.7. The topological polar surface area (TPSA) is 78.9 Å². The van der Waals surface area contributed by atoms with Crippen molar-refractivity contribution in [3.8, 4) is 6.07 Å². The van der Waals surface area contributed by atoms with Crippen LogP contribution < -0.4 is 5.32 Å². The first-order valence-electron chi connectivity index (χ1n) is 4.94. The monoisotopic (exact) mass is 227 g/mol. The summed E-state index contributed by atoms with van der Waals surface area (Å²) >= 11 is 0. The zero-order chi connectivity index (χ0) is 12.3. The Balaban J connectivity index is 2.17. The summed E-state index contributed by atoms with van der Waals surface area (Å²) in [6.45, 7) is 1.78. The number of amides is 1. The van der Waals surface area contributed by atoms with E-state index in [1.54, 1.807) is 25.1 Å². The zero-order valence-corrected chi connectivity index (χ0v) is 9.10. The second kappa shape index (κ2) is 4.49. The molecule has 0 radical (unpaired) electrons. The highest BCUT2D eigenvalue weighted by atomic mass is 16.4. The molecule has 5 heteroatoms. The third-order valence-corrected chi connectivity index (χ3v) is 2.07. The Morgan fingerprint density at radius 2 is 2.24 bits per heavy atom. The first kappa shape index (κ1) is 10.9. The number of furan rings is 1. The van der Waals surface area contributed by atoms with E-state index in [1.807, 2.05) is 6.07 Å². The fourth-order valence-corrected chi connectivity index (χ4v) is 1.30. The van der Waals surface area contributed by atoms with Gasteiger partial charge in [-0.2, -0.15) is 5.26 Å². The highest BCUT2D eigenvalue weighted by Gasteiger charge is 2.10. The molecule has 2 heterocycles. The van der Waals surface area contributed by atoms with E-state index in [-0.39, 0.29) is 11.4 Å². The summed E-state index contributed by atoms with van der Waals surface area (Å²) in [5, 5.41) is 11.2. The molecule has 5 nitrogen and oxygen atoms in total. The predicted molar refractivity (Wildman–Crippen MR) is 60.4 cm³/mol. The summed E-state index contributed by atoms with van der Waals surface area (Å²) in [7, 11) is 0. The lowest BCUT2D eigenvalue weighted by molar-refractivity contribution is 0.102. The maximum absolute atomic E-state index is 11.7. The molecule has 0 atom stereocenters. The van der Waals surface area contributed by atoms with Crippen LogP contribution in [0.15, 0.2) is 34.7 Å². The van der Waals surface area contributed by atoms with E-state index in [0.717, 1.165) is 0 Å². The molecule has 0 saturated carbocycles. The number of hydrogen-bond acceptors (Lipinski definition) is 4. The summed E-state index contributed by atoms with van der Waals surface area (Å²) in [5.41, 5.74) is 0.381. The molecule has 84 valence electrons. The number of nitrogens with zero attached hydrogens (tertiary/aromatic N) is 2. The molecule has 1 N–H and O–H groups in total. The van der Waals surface area contributed by atoms with Gasteiger partial charge in [-0.3, -0.25) is 10.1 Å². The molecule has 0 aliphatic heterocycles. The van der Waals surface area contributed by atoms with Gasteiger partial charge >= 0.3 is 0 Å². The van der Waals surface area contributed by atoms with Crippen LogP contribution in [0, 0.1) is 18.3 Å². The van der Waals surface area contributed by atoms with E-state index in [1.165, 1.54) is 12.1 Å². The molecule has 0 fully saturated rings. The fourth-order valence-electron chi connectivity index (χ4n) is 1.30. The van der Waals surface area contributed by atoms with Gasteiger partial charge in [-0.1, -0.05) is 6.07 Å². The maximum Gasteiger partial charge on any atom is 0.276 e. The van der Waals surface area contributed by atoms with E-state index in [9.17, 15) is 4.79 Å². The molecule has 0 aliphatic carbocycles. The van der Waals surface area contributed by atoms with Gasteiger partial charge in [-0.05, 0) is 25.1 Å². The molecular weight excluding hydrogens is 218 g/mol. The fraction of sp³-hybridized carbons (Fsp3) is 0.0833. The van der Waals surface area contributed by atoms with Gasteiger partial charge in [0.2, 0.25) is 0 Å². The number of carbonyl (C=O) groups excluding carboxylic acids is 1. The predicted octanol–water partition coefficient (Wildman–Crippen LogP) is 2.11. The Labute approximate surface area is 97.7 Å². The van der Waals surface area contributed by atoms with E-state index < -0.39 is 5.91 Å². The van der Waals surface area contributed by atoms with Crippen molar-refractivity contribution in [2.24, 2.45) is 0 Å². The lowest BCUT2D eigenvalue weighted by Gasteiger charge is -2.00. The molecule has 1 amide bonds. The number of carbonyl (C=O) groups is 1. The highest BCUT2D eigenvalue weighted by molar-refractivity contribution is 6.02. The van der Waals surface area contributed by atoms with Crippen molar-refractivity contribution in [2.75, 3.05) is 5.32 Å². The molecule has 2 aromatic heterocycles. The van der Waals surface area contributed by atoms with E-state index in [2.05, 4.69) is 10.3 Å². The molecule has 0 aliphatic rings. The van der Waals surface area contributed by atoms with Gasteiger partial charge in [-0.15, -0.1) is 0 Å². The molecule has 2 aromatic rings. The molecule has 0 bridgehead atoms. The number of aryl methyl sites for hydroxylation is 1. The average molecular weight is 227 g/mol. The van der Waals surface area contributed by atoms with Crippen LogP contribution in [0.3, 0.4) is 0 Å². The van der Waals surface area contributed by atoms with Gasteiger partial charge in [0.25, 0.3) is 5.91 Å². The average Bonchev–Trinajstić information content (AvgIpc) is 2.75. The smallest absolute Gasteiger partial charge is 0.276 e. The number of aromatic nitrogens is 1. The summed E-state index contributed by atoms with van der Waals surface area (Å²) in [5.74, 6) is 0.659. The van der Waals surface area contributed by atoms with E-state index in [4.69, 9.17) is 9.68 Å². The number of nitriles is 1. The van der Waals surface area contributed by atoms with Crippen molar-refractivity contribution < 1.29 is 9.21 Å². The zero-order valence-electron chi connectivity index (χ0n) is 9.10. The van der Waals surface area contributed by atoms with Crippen LogP contribution in [0.5, 0.6) is 0 Å². The quantitative estimate of drug-likeness (QED) is 0.852. The van der Waals surface area contributed by atoms with Gasteiger partial charge in [-0.25, -0.2) is 4.98 Å². The first-order valence-corrected chi connectivity index (χ1v) is 4.94. The summed E-state index contributed by atoms with van der Waals surface area (Å²) in [6.07, 6.45) is 0. The molecule has 0 aromatic carbocycles. The van der Waals surface area contributed by atoms with Crippen molar-refractivity contribution in [2.45, 2.75) is 6.92 Å². The standard InChI is InChI=1S/C12H9N3O2/c1-8-5-6-11(17-8)15-12(16)10-4-2-3-9(7-13)14-10/h2-6H,1H3,(H,15,16). The van der Waals surface area contributed by atoms with Crippen LogP contribution in [-0.2, 0) is 0 Å². The largest absolute Gasteiger partial charge is 0.446 e. The van der Waals surface area contributed by atoms with Crippen LogP contribution in [0.1, 0.15) is 21.9 Å². The van der Waals surface area contributed by atoms with Crippen LogP contribution in [0.4, 0.5) is 5.88 Å². The van der Waals surface area contributed by atoms with Gasteiger partial charge in [0.1, 0.15) is 23.2 Å². The summed E-state index contributed by atoms with van der Waals surface area (Å²) in [4.78, 5) is 15.6. The van der Waals surface area contributed by atoms with Gasteiger partial charge < -0.3 is 4.42 Å². The van der Waals surface area contributed by atoms with Crippen molar-refractivity contribution in [3.05, 3.63) is 47.5 Å². The van der Waals surface area contributed by atoms with Crippen molar-refractivity contribution in [1.29, 1.82) is 5.26 Å². The van der Waals surface area contributed by atoms with Crippen LogP contribution in [0.25, 0.3) is 0 Å². The summed E-state index contributed by atoms with van der Waals surface area (Å²) < 4.78 is 5.21. The Morgan fingerprint density at radius 1 is 1.41 bits per heavy atom. The first-order chi connectivity index (χ1) is 8.19. The Kier molecular flexibility index (Phi) is 2.88. The second-order valence-electron chi connectivity index (χ2n) is 3.38. The molecular formula is C12H9N3O2. The van der Waals surface area contributed by atoms with Crippen molar-refractivity contribution in [1.82, 2.24) is 4.98 Å². The number of pyridine rings is 1. The summed E-state index contributed by atoms with van der Waals surface area (Å²) in [6, 6.07) is 9.95. The number of hydrogen-bond donors (Lipinski definition) is 1. The normalized spacial score (nSPS) is 9.65. The number of nitrogens with one attached hydrogen (secondary N) is 1. The van der Waals surface area contributed by atoms with E-state index in [0.29, 0.717) is 11.6 Å². The molecule has 0 spiro atoms. The van der Waals surface area contributed by atoms with Gasteiger partial charge in [0.05, 0.1) is 0 Å². The second-order valence-corrected chi connectivity index (χ2v) is 3.38. The third kappa shape index (κ3) is 2.49. The molecule has 2 rings (SSSR count). The van der Waals surface area contributed by atoms with Gasteiger partial charge in [0.15, 0.2) is 5.88 Å². The minimum absolute atomic E-state index is 0.179. The van der Waals surface area contributed by atoms with Crippen molar-refractivity contribution in [3.63, 3.8) is 0 Å². The molecule has 0 unspecified atom stereocenters. The highest BCUT2D eigenvalue weighted by Crippen LogP contribution is 2.13. The lowest BCUT2D eigenvalue weighted by Crippen LogP contribution is -2.13. The Bertz CT molecular complexity index is 596. The third-order valence-electron chi connectivity index (χ3n) is 2.07. The van der Waals surface area contributed by atoms with Crippen molar-refractivity contribution >= 4 is 11.8 Å². The molecule has 0 saturated heterocycles. The minimum atomic E-state index is -0.406. The number of anilines is 1. The minimum Gasteiger partial charge on any atom is -0.446 e. The lowest BCUT2D eigenvalue weighted by atomic mass is 10.3. The Hall–Kier alpha value is -2.61. The van der Waals surface area contributed by atoms with Crippen LogP contribution in [0.2, 0.25) is 0 Å². The SMILES string of the molecule is Cc1ccc(NC(=O)c2cccc(C#N)n2)o1. The Morgan fingerprint density at radius 3 is 2.88 bits per heavy atom. The van der Waals surface area contributed by atoms with Crippen LogP contribution in [-0.4, -0.2) is 10.9 Å². The number of rotatable bonds is 2. The van der Waals surface area contributed by atoms with Crippen LogP contribution >= 0.6 is 0 Å². The molecule has 17 heavy (non-hydrogen) atoms. The van der Waals surface area contributed by atoms with E-state index >= 15 is 0 Å². The van der Waals surface area contributed by atoms with Gasteiger partial charge in [0, 0.05) is 6.07 Å².